The predicted octanol–water partition coefficient (Wildman–Crippen LogP) is 2.87. The van der Waals surface area contributed by atoms with E-state index in [2.05, 4.69) is 32.6 Å². The van der Waals surface area contributed by atoms with Gasteiger partial charge in [-0.15, -0.1) is 0 Å². The van der Waals surface area contributed by atoms with Gasteiger partial charge in [-0.05, 0) is 49.9 Å². The summed E-state index contributed by atoms with van der Waals surface area (Å²) in [5.74, 6) is 1.59. The lowest BCUT2D eigenvalue weighted by Gasteiger charge is -2.41. The highest BCUT2D eigenvalue weighted by Crippen LogP contribution is 2.39. The SMILES string of the molecule is CC1CC(C)N(CC2CC(C)(C)CCC2N)C1. The third kappa shape index (κ3) is 3.23. The molecule has 4 unspecified atom stereocenters. The molecule has 1 saturated carbocycles. The summed E-state index contributed by atoms with van der Waals surface area (Å²) in [6.45, 7) is 12.1. The van der Waals surface area contributed by atoms with Crippen LogP contribution in [-0.4, -0.2) is 30.1 Å². The molecule has 4 atom stereocenters. The van der Waals surface area contributed by atoms with E-state index >= 15 is 0 Å². The fourth-order valence-electron chi connectivity index (χ4n) is 3.90. The van der Waals surface area contributed by atoms with Gasteiger partial charge in [-0.2, -0.15) is 0 Å². The average Bonchev–Trinajstić information content (AvgIpc) is 2.51. The van der Waals surface area contributed by atoms with Crippen molar-refractivity contribution in [1.29, 1.82) is 0 Å². The van der Waals surface area contributed by atoms with Gasteiger partial charge >= 0.3 is 0 Å². The maximum atomic E-state index is 6.33. The Kier molecular flexibility index (Phi) is 3.84. The molecule has 0 amide bonds. The number of nitrogens with zero attached hydrogens (tertiary/aromatic N) is 1. The van der Waals surface area contributed by atoms with Gasteiger partial charge in [0.2, 0.25) is 0 Å². The highest BCUT2D eigenvalue weighted by molar-refractivity contribution is 4.91. The zero-order valence-electron chi connectivity index (χ0n) is 12.1. The smallest absolute Gasteiger partial charge is 0.00797 e. The molecule has 2 aliphatic rings. The lowest BCUT2D eigenvalue weighted by molar-refractivity contribution is 0.111. The number of rotatable bonds is 2. The Morgan fingerprint density at radius 3 is 2.59 bits per heavy atom. The van der Waals surface area contributed by atoms with E-state index in [9.17, 15) is 0 Å². The van der Waals surface area contributed by atoms with Gasteiger partial charge in [0.1, 0.15) is 0 Å². The first-order valence-corrected chi connectivity index (χ1v) is 7.37. The zero-order chi connectivity index (χ0) is 12.6. The molecule has 2 N–H and O–H groups in total. The van der Waals surface area contributed by atoms with Gasteiger partial charge in [0.25, 0.3) is 0 Å². The lowest BCUT2D eigenvalue weighted by Crippen LogP contribution is -2.45. The second-order valence-corrected chi connectivity index (χ2v) is 7.47. The molecule has 100 valence electrons. The zero-order valence-corrected chi connectivity index (χ0v) is 12.1. The van der Waals surface area contributed by atoms with E-state index in [4.69, 9.17) is 5.73 Å². The second kappa shape index (κ2) is 4.89. The fourth-order valence-corrected chi connectivity index (χ4v) is 3.90. The van der Waals surface area contributed by atoms with E-state index in [1.807, 2.05) is 0 Å². The molecule has 0 aromatic carbocycles. The number of hydrogen-bond acceptors (Lipinski definition) is 2. The normalized spacial score (nSPS) is 42.9. The summed E-state index contributed by atoms with van der Waals surface area (Å²) >= 11 is 0. The first kappa shape index (κ1) is 13.4. The van der Waals surface area contributed by atoms with Crippen LogP contribution in [-0.2, 0) is 0 Å². The van der Waals surface area contributed by atoms with Crippen molar-refractivity contribution in [2.24, 2.45) is 23.0 Å². The highest BCUT2D eigenvalue weighted by Gasteiger charge is 2.36. The monoisotopic (exact) mass is 238 g/mol. The maximum absolute atomic E-state index is 6.33. The Morgan fingerprint density at radius 2 is 2.00 bits per heavy atom. The standard InChI is InChI=1S/C15H30N2/c1-11-7-12(2)17(9-11)10-13-8-15(3,4)6-5-14(13)16/h11-14H,5-10,16H2,1-4H3. The van der Waals surface area contributed by atoms with Gasteiger partial charge in [0.05, 0.1) is 0 Å². The van der Waals surface area contributed by atoms with Gasteiger partial charge in [0.15, 0.2) is 0 Å². The Labute approximate surface area is 107 Å². The molecule has 0 radical (unpaired) electrons. The average molecular weight is 238 g/mol. The van der Waals surface area contributed by atoms with Crippen LogP contribution in [0.5, 0.6) is 0 Å². The van der Waals surface area contributed by atoms with Crippen LogP contribution in [0.25, 0.3) is 0 Å². The van der Waals surface area contributed by atoms with Crippen molar-refractivity contribution in [1.82, 2.24) is 4.90 Å². The fraction of sp³-hybridized carbons (Fsp3) is 1.00. The van der Waals surface area contributed by atoms with Gasteiger partial charge in [0, 0.05) is 25.2 Å². The molecule has 0 bridgehead atoms. The van der Waals surface area contributed by atoms with E-state index in [1.54, 1.807) is 0 Å². The second-order valence-electron chi connectivity index (χ2n) is 7.47. The number of nitrogens with two attached hydrogens (primary N) is 1. The first-order valence-electron chi connectivity index (χ1n) is 7.37. The van der Waals surface area contributed by atoms with Crippen molar-refractivity contribution in [2.45, 2.75) is 65.5 Å². The molecule has 1 heterocycles. The van der Waals surface area contributed by atoms with Gasteiger partial charge in [-0.3, -0.25) is 0 Å². The van der Waals surface area contributed by atoms with E-state index in [1.165, 1.54) is 38.8 Å². The molecule has 2 fully saturated rings. The molecule has 1 saturated heterocycles. The summed E-state index contributed by atoms with van der Waals surface area (Å²) in [7, 11) is 0. The van der Waals surface area contributed by atoms with E-state index in [0.717, 1.165) is 12.0 Å². The maximum Gasteiger partial charge on any atom is 0.00797 e. The quantitative estimate of drug-likeness (QED) is 0.801. The predicted molar refractivity (Wildman–Crippen MR) is 73.9 cm³/mol. The molecular weight excluding hydrogens is 208 g/mol. The number of likely N-dealkylation sites (tertiary alicyclic amines) is 1. The van der Waals surface area contributed by atoms with Crippen LogP contribution < -0.4 is 5.73 Å². The van der Waals surface area contributed by atoms with Crippen LogP contribution in [0.4, 0.5) is 0 Å². The summed E-state index contributed by atoms with van der Waals surface area (Å²) in [4.78, 5) is 2.68. The molecule has 2 nitrogen and oxygen atoms in total. The minimum Gasteiger partial charge on any atom is -0.327 e. The van der Waals surface area contributed by atoms with Crippen LogP contribution in [0.2, 0.25) is 0 Å². The molecule has 1 aliphatic heterocycles. The van der Waals surface area contributed by atoms with Crippen LogP contribution in [0, 0.1) is 17.3 Å². The summed E-state index contributed by atoms with van der Waals surface area (Å²) in [6.07, 6.45) is 5.20. The van der Waals surface area contributed by atoms with E-state index in [0.29, 0.717) is 17.4 Å². The molecule has 17 heavy (non-hydrogen) atoms. The van der Waals surface area contributed by atoms with Crippen molar-refractivity contribution in [3.05, 3.63) is 0 Å². The van der Waals surface area contributed by atoms with Crippen molar-refractivity contribution in [2.75, 3.05) is 13.1 Å². The van der Waals surface area contributed by atoms with E-state index < -0.39 is 0 Å². The number of hydrogen-bond donors (Lipinski definition) is 1. The molecule has 0 spiro atoms. The Morgan fingerprint density at radius 1 is 1.29 bits per heavy atom. The Balaban J connectivity index is 1.93. The Hall–Kier alpha value is -0.0800. The first-order chi connectivity index (χ1) is 7.87. The van der Waals surface area contributed by atoms with Crippen LogP contribution in [0.1, 0.15) is 53.4 Å². The largest absolute Gasteiger partial charge is 0.327 e. The van der Waals surface area contributed by atoms with Crippen molar-refractivity contribution in [3.8, 4) is 0 Å². The minimum absolute atomic E-state index is 0.436. The third-order valence-corrected chi connectivity index (χ3v) is 4.96. The van der Waals surface area contributed by atoms with Crippen LogP contribution >= 0.6 is 0 Å². The molecule has 0 aromatic heterocycles. The molecule has 0 aromatic rings. The van der Waals surface area contributed by atoms with Gasteiger partial charge < -0.3 is 10.6 Å². The van der Waals surface area contributed by atoms with Crippen molar-refractivity contribution >= 4 is 0 Å². The molecule has 1 aliphatic carbocycles. The van der Waals surface area contributed by atoms with Crippen LogP contribution in [0.15, 0.2) is 0 Å². The van der Waals surface area contributed by atoms with Gasteiger partial charge in [-0.1, -0.05) is 20.8 Å². The topological polar surface area (TPSA) is 29.3 Å². The summed E-state index contributed by atoms with van der Waals surface area (Å²) in [5.41, 5.74) is 6.84. The van der Waals surface area contributed by atoms with E-state index in [-0.39, 0.29) is 0 Å². The highest BCUT2D eigenvalue weighted by atomic mass is 15.2. The third-order valence-electron chi connectivity index (χ3n) is 4.96. The molecule has 2 rings (SSSR count). The summed E-state index contributed by atoms with van der Waals surface area (Å²) < 4.78 is 0. The lowest BCUT2D eigenvalue weighted by atomic mass is 9.70. The minimum atomic E-state index is 0.436. The molecule has 2 heteroatoms. The van der Waals surface area contributed by atoms with Gasteiger partial charge in [-0.25, -0.2) is 0 Å². The summed E-state index contributed by atoms with van der Waals surface area (Å²) in [6, 6.07) is 1.20. The Bertz CT molecular complexity index is 262. The van der Waals surface area contributed by atoms with Crippen molar-refractivity contribution < 1.29 is 0 Å². The van der Waals surface area contributed by atoms with Crippen molar-refractivity contribution in [3.63, 3.8) is 0 Å². The molecular formula is C15H30N2. The van der Waals surface area contributed by atoms with Crippen LogP contribution in [0.3, 0.4) is 0 Å². The summed E-state index contributed by atoms with van der Waals surface area (Å²) in [5, 5.41) is 0.